The van der Waals surface area contributed by atoms with E-state index < -0.39 is 15.7 Å². The maximum atomic E-state index is 12.9. The summed E-state index contributed by atoms with van der Waals surface area (Å²) in [7, 11) is -3.87. The highest BCUT2D eigenvalue weighted by Crippen LogP contribution is 2.27. The average molecular weight is 461 g/mol. The summed E-state index contributed by atoms with van der Waals surface area (Å²) in [4.78, 5) is 20.0. The van der Waals surface area contributed by atoms with Crippen LogP contribution in [0.25, 0.3) is 0 Å². The highest BCUT2D eigenvalue weighted by Gasteiger charge is 2.23. The molecule has 0 aliphatic heterocycles. The molecule has 31 heavy (non-hydrogen) atoms. The second-order valence-electron chi connectivity index (χ2n) is 6.97. The van der Waals surface area contributed by atoms with Gasteiger partial charge < -0.3 is 11.1 Å². The molecule has 3 N–H and O–H groups in total. The van der Waals surface area contributed by atoms with Crippen molar-refractivity contribution in [1.82, 2.24) is 9.97 Å². The van der Waals surface area contributed by atoms with Gasteiger partial charge in [0, 0.05) is 5.69 Å². The van der Waals surface area contributed by atoms with Gasteiger partial charge in [-0.2, -0.15) is 0 Å². The lowest BCUT2D eigenvalue weighted by molar-refractivity contribution is -0.113. The van der Waals surface area contributed by atoms with Crippen LogP contribution < -0.4 is 11.1 Å². The Hall–Kier alpha value is -2.98. The van der Waals surface area contributed by atoms with Crippen LogP contribution in [0.3, 0.4) is 0 Å². The Morgan fingerprint density at radius 3 is 2.35 bits per heavy atom. The van der Waals surface area contributed by atoms with Gasteiger partial charge >= 0.3 is 0 Å². The van der Waals surface area contributed by atoms with Crippen molar-refractivity contribution in [1.29, 1.82) is 0 Å². The Morgan fingerprint density at radius 1 is 1.13 bits per heavy atom. The minimum absolute atomic E-state index is 0.0282. The third kappa shape index (κ3) is 5.59. The lowest BCUT2D eigenvalue weighted by Gasteiger charge is -2.10. The molecule has 0 saturated heterocycles. The lowest BCUT2D eigenvalue weighted by atomic mass is 10.0. The molecule has 0 spiro atoms. The maximum Gasteiger partial charge on any atom is 0.234 e. The number of nitrogens with one attached hydrogen (secondary N) is 1. The van der Waals surface area contributed by atoms with E-state index in [0.717, 1.165) is 23.5 Å². The Bertz CT molecular complexity index is 1180. The molecule has 0 saturated carbocycles. The van der Waals surface area contributed by atoms with E-state index in [2.05, 4.69) is 15.3 Å². The number of hydrogen-bond donors (Lipinski definition) is 2. The van der Waals surface area contributed by atoms with Gasteiger partial charge in [0.25, 0.3) is 0 Å². The summed E-state index contributed by atoms with van der Waals surface area (Å²) in [6.07, 6.45) is 1.15. The first-order valence-corrected chi connectivity index (χ1v) is 11.8. The number of rotatable bonds is 7. The van der Waals surface area contributed by atoms with Gasteiger partial charge in [-0.25, -0.2) is 22.8 Å². The van der Waals surface area contributed by atoms with Gasteiger partial charge in [-0.1, -0.05) is 37.7 Å². The quantitative estimate of drug-likeness (QED) is 0.406. The highest BCUT2D eigenvalue weighted by atomic mass is 32.2. The van der Waals surface area contributed by atoms with Crippen molar-refractivity contribution in [3.8, 4) is 0 Å². The molecule has 0 radical (unpaired) electrons. The molecule has 3 aromatic rings. The molecule has 10 heteroatoms. The number of benzene rings is 2. The van der Waals surface area contributed by atoms with Crippen molar-refractivity contribution < 1.29 is 17.6 Å². The Morgan fingerprint density at radius 2 is 1.77 bits per heavy atom. The number of halogens is 1. The van der Waals surface area contributed by atoms with E-state index in [0.29, 0.717) is 5.69 Å². The number of amides is 1. The standard InChI is InChI=1S/C21H21FN4O3S2/c1-13(2)14-3-9-17(10-4-14)31(28,29)18-11-24-21(26-20(18)23)30-12-19(27)25-16-7-5-15(22)6-8-16/h3-11,13H,12H2,1-2H3,(H,25,27)(H2,23,24,26). The second-order valence-corrected chi connectivity index (χ2v) is 9.83. The van der Waals surface area contributed by atoms with E-state index in [4.69, 9.17) is 5.73 Å². The molecule has 162 valence electrons. The lowest BCUT2D eigenvalue weighted by Crippen LogP contribution is -2.14. The van der Waals surface area contributed by atoms with Gasteiger partial charge in [-0.15, -0.1) is 0 Å². The average Bonchev–Trinajstić information content (AvgIpc) is 2.74. The number of anilines is 2. The van der Waals surface area contributed by atoms with Crippen molar-refractivity contribution in [3.63, 3.8) is 0 Å². The molecular formula is C21H21FN4O3S2. The van der Waals surface area contributed by atoms with E-state index in [1.165, 1.54) is 36.4 Å². The van der Waals surface area contributed by atoms with E-state index in [9.17, 15) is 17.6 Å². The third-order valence-electron chi connectivity index (χ3n) is 4.37. The second kappa shape index (κ2) is 9.44. The van der Waals surface area contributed by atoms with Gasteiger partial charge in [0.1, 0.15) is 16.5 Å². The Labute approximate surface area is 184 Å². The van der Waals surface area contributed by atoms with Crippen LogP contribution in [-0.2, 0) is 14.6 Å². The molecule has 1 aromatic heterocycles. The number of sulfone groups is 1. The zero-order valence-corrected chi connectivity index (χ0v) is 18.5. The summed E-state index contributed by atoms with van der Waals surface area (Å²) < 4.78 is 38.7. The van der Waals surface area contributed by atoms with Gasteiger partial charge in [0.2, 0.25) is 15.7 Å². The van der Waals surface area contributed by atoms with Crippen LogP contribution in [0.2, 0.25) is 0 Å². The Balaban J connectivity index is 1.69. The number of carbonyl (C=O) groups excluding carboxylic acids is 1. The Kier molecular flexibility index (Phi) is 6.91. The molecule has 0 aliphatic carbocycles. The van der Waals surface area contributed by atoms with Gasteiger partial charge in [0.05, 0.1) is 16.8 Å². The molecule has 0 atom stereocenters. The molecule has 2 aromatic carbocycles. The number of hydrogen-bond acceptors (Lipinski definition) is 7. The van der Waals surface area contributed by atoms with Crippen LogP contribution in [0.5, 0.6) is 0 Å². The molecule has 0 aliphatic rings. The summed E-state index contributed by atoms with van der Waals surface area (Å²) in [5, 5.41) is 2.78. The molecule has 1 amide bonds. The zero-order chi connectivity index (χ0) is 22.6. The fourth-order valence-electron chi connectivity index (χ4n) is 2.66. The van der Waals surface area contributed by atoms with Crippen molar-refractivity contribution in [2.24, 2.45) is 0 Å². The molecular weight excluding hydrogens is 439 g/mol. The van der Waals surface area contributed by atoms with Gasteiger partial charge in [-0.3, -0.25) is 4.79 Å². The molecule has 7 nitrogen and oxygen atoms in total. The first-order chi connectivity index (χ1) is 14.7. The summed E-state index contributed by atoms with van der Waals surface area (Å²) >= 11 is 1.00. The van der Waals surface area contributed by atoms with Gasteiger partial charge in [-0.05, 0) is 47.9 Å². The summed E-state index contributed by atoms with van der Waals surface area (Å²) in [6, 6.07) is 12.0. The SMILES string of the molecule is CC(C)c1ccc(S(=O)(=O)c2cnc(SCC(=O)Nc3ccc(F)cc3)nc2N)cc1. The first kappa shape index (κ1) is 22.7. The van der Waals surface area contributed by atoms with E-state index in [1.54, 1.807) is 12.1 Å². The molecule has 0 unspecified atom stereocenters. The monoisotopic (exact) mass is 460 g/mol. The first-order valence-electron chi connectivity index (χ1n) is 9.32. The predicted molar refractivity (Wildman–Crippen MR) is 118 cm³/mol. The summed E-state index contributed by atoms with van der Waals surface area (Å²) in [5.41, 5.74) is 7.37. The predicted octanol–water partition coefficient (Wildman–Crippen LogP) is 3.88. The fourth-order valence-corrected chi connectivity index (χ4v) is 4.55. The minimum atomic E-state index is -3.87. The van der Waals surface area contributed by atoms with Crippen LogP contribution in [0, 0.1) is 5.82 Å². The van der Waals surface area contributed by atoms with E-state index >= 15 is 0 Å². The number of nitrogen functional groups attached to an aromatic ring is 1. The molecule has 0 bridgehead atoms. The molecule has 3 rings (SSSR count). The molecule has 1 heterocycles. The van der Waals surface area contributed by atoms with E-state index in [-0.39, 0.29) is 38.3 Å². The smallest absolute Gasteiger partial charge is 0.234 e. The topological polar surface area (TPSA) is 115 Å². The maximum absolute atomic E-state index is 12.9. The van der Waals surface area contributed by atoms with Crippen LogP contribution >= 0.6 is 11.8 Å². The van der Waals surface area contributed by atoms with Crippen LogP contribution in [0.4, 0.5) is 15.9 Å². The minimum Gasteiger partial charge on any atom is -0.382 e. The number of aromatic nitrogens is 2. The van der Waals surface area contributed by atoms with Crippen LogP contribution in [-0.4, -0.2) is 30.0 Å². The van der Waals surface area contributed by atoms with Gasteiger partial charge in [0.15, 0.2) is 5.16 Å². The number of nitrogens with two attached hydrogens (primary N) is 1. The van der Waals surface area contributed by atoms with Crippen molar-refractivity contribution >= 4 is 39.0 Å². The summed E-state index contributed by atoms with van der Waals surface area (Å²) in [6.45, 7) is 4.04. The molecule has 0 fully saturated rings. The van der Waals surface area contributed by atoms with Crippen molar-refractivity contribution in [2.75, 3.05) is 16.8 Å². The van der Waals surface area contributed by atoms with Crippen molar-refractivity contribution in [3.05, 3.63) is 66.1 Å². The normalized spacial score (nSPS) is 11.5. The largest absolute Gasteiger partial charge is 0.382 e. The van der Waals surface area contributed by atoms with Crippen LogP contribution in [0.1, 0.15) is 25.3 Å². The number of carbonyl (C=O) groups is 1. The number of nitrogens with zero attached hydrogens (tertiary/aromatic N) is 2. The van der Waals surface area contributed by atoms with Crippen molar-refractivity contribution in [2.45, 2.75) is 34.7 Å². The van der Waals surface area contributed by atoms with E-state index in [1.807, 2.05) is 13.8 Å². The van der Waals surface area contributed by atoms with Crippen LogP contribution in [0.15, 0.2) is 69.7 Å². The summed E-state index contributed by atoms with van der Waals surface area (Å²) in [5.74, 6) is -0.687. The zero-order valence-electron chi connectivity index (χ0n) is 16.9. The highest BCUT2D eigenvalue weighted by molar-refractivity contribution is 7.99. The third-order valence-corrected chi connectivity index (χ3v) is 7.02. The fraction of sp³-hybridized carbons (Fsp3) is 0.190. The number of thioether (sulfide) groups is 1.